The van der Waals surface area contributed by atoms with Gasteiger partial charge in [-0.1, -0.05) is 25.1 Å². The summed E-state index contributed by atoms with van der Waals surface area (Å²) in [5.41, 5.74) is -0.0261. The van der Waals surface area contributed by atoms with Gasteiger partial charge < -0.3 is 15.7 Å². The summed E-state index contributed by atoms with van der Waals surface area (Å²) >= 11 is 1.81. The lowest BCUT2D eigenvalue weighted by atomic mass is 9.79. The van der Waals surface area contributed by atoms with Gasteiger partial charge in [0.2, 0.25) is 0 Å². The van der Waals surface area contributed by atoms with E-state index in [-0.39, 0.29) is 40.5 Å². The van der Waals surface area contributed by atoms with Crippen molar-refractivity contribution >= 4 is 41.7 Å². The first-order valence-electron chi connectivity index (χ1n) is 9.64. The first-order valence-corrected chi connectivity index (χ1v) is 10.7. The van der Waals surface area contributed by atoms with Crippen LogP contribution in [0, 0.1) is 5.82 Å². The molecule has 3 N–H and O–H groups in total. The molecule has 0 saturated heterocycles. The molecule has 2 atom stereocenters. The molecule has 0 bridgehead atoms. The zero-order valence-corrected chi connectivity index (χ0v) is 19.3. The van der Waals surface area contributed by atoms with Crippen LogP contribution >= 0.6 is 35.7 Å². The Kier molecular flexibility index (Phi) is 8.24. The van der Waals surface area contributed by atoms with Crippen LogP contribution in [0.15, 0.2) is 29.3 Å². The van der Waals surface area contributed by atoms with E-state index in [2.05, 4.69) is 22.5 Å². The third-order valence-electron chi connectivity index (χ3n) is 5.55. The molecule has 0 aliphatic heterocycles. The van der Waals surface area contributed by atoms with Crippen molar-refractivity contribution in [3.63, 3.8) is 0 Å². The summed E-state index contributed by atoms with van der Waals surface area (Å²) in [6.07, 6.45) is 3.84. The third-order valence-corrected chi connectivity index (χ3v) is 6.96. The van der Waals surface area contributed by atoms with E-state index < -0.39 is 5.60 Å². The van der Waals surface area contributed by atoms with Crippen LogP contribution in [0.5, 0.6) is 0 Å². The summed E-state index contributed by atoms with van der Waals surface area (Å²) < 4.78 is 14.2. The van der Waals surface area contributed by atoms with E-state index in [0.717, 1.165) is 43.5 Å². The molecular weight excluding hydrogens is 476 g/mol. The molecule has 0 radical (unpaired) electrons. The van der Waals surface area contributed by atoms with Gasteiger partial charge in [0.05, 0.1) is 12.1 Å². The van der Waals surface area contributed by atoms with Gasteiger partial charge in [0.15, 0.2) is 5.96 Å². The number of halogens is 2. The minimum atomic E-state index is -0.689. The second-order valence-electron chi connectivity index (χ2n) is 7.40. The first-order chi connectivity index (χ1) is 12.5. The Hall–Kier alpha value is -0.540. The zero-order chi connectivity index (χ0) is 18.6. The van der Waals surface area contributed by atoms with E-state index in [9.17, 15) is 9.50 Å². The van der Waals surface area contributed by atoms with Gasteiger partial charge in [-0.25, -0.2) is 4.39 Å². The minimum absolute atomic E-state index is 0. The van der Waals surface area contributed by atoms with Crippen molar-refractivity contribution in [1.82, 2.24) is 10.6 Å². The molecule has 0 aromatic heterocycles. The van der Waals surface area contributed by atoms with Gasteiger partial charge in [-0.15, -0.1) is 24.0 Å². The highest BCUT2D eigenvalue weighted by atomic mass is 127. The molecule has 2 aliphatic carbocycles. The number of nitrogens with zero attached hydrogens (tertiary/aromatic N) is 1. The van der Waals surface area contributed by atoms with Crippen LogP contribution in [-0.2, 0) is 5.41 Å². The number of guanidine groups is 1. The van der Waals surface area contributed by atoms with Crippen molar-refractivity contribution in [2.45, 2.75) is 55.8 Å². The molecule has 1 aromatic carbocycles. The maximum absolute atomic E-state index is 14.2. The van der Waals surface area contributed by atoms with Crippen LogP contribution < -0.4 is 10.6 Å². The summed E-state index contributed by atoms with van der Waals surface area (Å²) in [6, 6.07) is 7.05. The third kappa shape index (κ3) is 5.29. The highest BCUT2D eigenvalue weighted by molar-refractivity contribution is 14.0. The number of thioether (sulfide) groups is 1. The molecule has 2 fully saturated rings. The van der Waals surface area contributed by atoms with Crippen LogP contribution in [0.2, 0.25) is 0 Å². The molecular formula is C20H31FIN3OS. The molecule has 2 aliphatic rings. The maximum atomic E-state index is 14.2. The number of benzene rings is 1. The second kappa shape index (κ2) is 9.78. The number of hydrogen-bond donors (Lipinski definition) is 3. The molecule has 2 saturated carbocycles. The van der Waals surface area contributed by atoms with Crippen molar-refractivity contribution in [1.29, 1.82) is 0 Å². The van der Waals surface area contributed by atoms with Gasteiger partial charge in [0.1, 0.15) is 5.82 Å². The van der Waals surface area contributed by atoms with Gasteiger partial charge in [-0.3, -0.25) is 4.99 Å². The van der Waals surface area contributed by atoms with E-state index in [4.69, 9.17) is 0 Å². The topological polar surface area (TPSA) is 56.7 Å². The fourth-order valence-corrected chi connectivity index (χ4v) is 4.80. The highest BCUT2D eigenvalue weighted by Gasteiger charge is 2.46. The number of rotatable bonds is 8. The molecule has 152 valence electrons. The van der Waals surface area contributed by atoms with Crippen molar-refractivity contribution in [2.75, 3.05) is 25.4 Å². The average molecular weight is 507 g/mol. The summed E-state index contributed by atoms with van der Waals surface area (Å²) in [4.78, 5) is 4.62. The predicted molar refractivity (Wildman–Crippen MR) is 123 cm³/mol. The number of hydrogen-bond acceptors (Lipinski definition) is 3. The van der Waals surface area contributed by atoms with Crippen LogP contribution in [0.1, 0.15) is 45.1 Å². The molecule has 4 nitrogen and oxygen atoms in total. The molecule has 3 rings (SSSR count). The highest BCUT2D eigenvalue weighted by Crippen LogP contribution is 2.48. The monoisotopic (exact) mass is 507 g/mol. The van der Waals surface area contributed by atoms with Crippen molar-refractivity contribution < 1.29 is 9.50 Å². The number of aliphatic imine (C=N–C) groups is 1. The van der Waals surface area contributed by atoms with E-state index in [1.807, 2.05) is 30.8 Å². The van der Waals surface area contributed by atoms with Gasteiger partial charge in [-0.2, -0.15) is 11.8 Å². The molecule has 1 aromatic rings. The van der Waals surface area contributed by atoms with Crippen LogP contribution in [0.4, 0.5) is 4.39 Å². The van der Waals surface area contributed by atoms with E-state index in [1.54, 1.807) is 6.07 Å². The molecule has 7 heteroatoms. The smallest absolute Gasteiger partial charge is 0.191 e. The Morgan fingerprint density at radius 3 is 2.56 bits per heavy atom. The SMILES string of the molecule is CCNC(=NCC1(O)CCC1SCC)NCC1(c2ccccc2F)CC1.I. The predicted octanol–water partition coefficient (Wildman–Crippen LogP) is 3.68. The van der Waals surface area contributed by atoms with Crippen molar-refractivity contribution in [2.24, 2.45) is 4.99 Å². The normalized spacial score (nSPS) is 25.9. The quantitative estimate of drug-likeness (QED) is 0.286. The molecule has 27 heavy (non-hydrogen) atoms. The van der Waals surface area contributed by atoms with Crippen molar-refractivity contribution in [3.05, 3.63) is 35.6 Å². The van der Waals surface area contributed by atoms with E-state index in [0.29, 0.717) is 19.0 Å². The summed E-state index contributed by atoms with van der Waals surface area (Å²) in [5.74, 6) is 1.59. The van der Waals surface area contributed by atoms with Crippen LogP contribution in [0.3, 0.4) is 0 Å². The van der Waals surface area contributed by atoms with Gasteiger partial charge in [-0.05, 0) is 50.0 Å². The lowest BCUT2D eigenvalue weighted by molar-refractivity contribution is -0.0154. The average Bonchev–Trinajstić information content (AvgIpc) is 3.42. The summed E-state index contributed by atoms with van der Waals surface area (Å²) in [6.45, 7) is 5.97. The van der Waals surface area contributed by atoms with Gasteiger partial charge >= 0.3 is 0 Å². The number of aliphatic hydroxyl groups is 1. The Morgan fingerprint density at radius 2 is 2.00 bits per heavy atom. The maximum Gasteiger partial charge on any atom is 0.191 e. The molecule has 0 heterocycles. The second-order valence-corrected chi connectivity index (χ2v) is 8.87. The minimum Gasteiger partial charge on any atom is -0.387 e. The fourth-order valence-electron chi connectivity index (χ4n) is 3.61. The Balaban J connectivity index is 0.00000261. The number of nitrogens with one attached hydrogen (secondary N) is 2. The summed E-state index contributed by atoms with van der Waals surface area (Å²) in [7, 11) is 0. The first kappa shape index (κ1) is 22.7. The van der Waals surface area contributed by atoms with Crippen molar-refractivity contribution in [3.8, 4) is 0 Å². The zero-order valence-electron chi connectivity index (χ0n) is 16.1. The molecule has 0 spiro atoms. The summed E-state index contributed by atoms with van der Waals surface area (Å²) in [5, 5.41) is 17.6. The van der Waals surface area contributed by atoms with E-state index in [1.165, 1.54) is 6.07 Å². The largest absolute Gasteiger partial charge is 0.387 e. The standard InChI is InChI=1S/C20H30FN3OS.HI/c1-3-22-18(24-14-20(25)10-9-17(20)26-4-2)23-13-19(11-12-19)15-7-5-6-8-16(15)21;/h5-8,17,25H,3-4,9-14H2,1-2H3,(H2,22,23,24);1H. The van der Waals surface area contributed by atoms with E-state index >= 15 is 0 Å². The Labute approximate surface area is 183 Å². The Morgan fingerprint density at radius 1 is 1.26 bits per heavy atom. The van der Waals surface area contributed by atoms with Crippen LogP contribution in [0.25, 0.3) is 0 Å². The molecule has 2 unspecified atom stereocenters. The van der Waals surface area contributed by atoms with Crippen LogP contribution in [-0.4, -0.2) is 47.3 Å². The Bertz CT molecular complexity index is 656. The van der Waals surface area contributed by atoms with Gasteiger partial charge in [0.25, 0.3) is 0 Å². The fraction of sp³-hybridized carbons (Fsp3) is 0.650. The molecule has 0 amide bonds. The lowest BCUT2D eigenvalue weighted by Crippen LogP contribution is -2.53. The lowest BCUT2D eigenvalue weighted by Gasteiger charge is -2.44. The van der Waals surface area contributed by atoms with Gasteiger partial charge in [0, 0.05) is 23.8 Å².